The van der Waals surface area contributed by atoms with Crippen molar-refractivity contribution in [2.24, 2.45) is 0 Å². The SMILES string of the molecule is CCCCC=CC=CC=CCCCCCCCC(=O)OCc1ccccc1[N+](=O)[O-]. The Labute approximate surface area is 180 Å². The normalized spacial score (nSPS) is 11.6. The second kappa shape index (κ2) is 17.2. The van der Waals surface area contributed by atoms with E-state index in [0.29, 0.717) is 12.0 Å². The Morgan fingerprint density at radius 2 is 1.57 bits per heavy atom. The van der Waals surface area contributed by atoms with Crippen molar-refractivity contribution in [3.8, 4) is 0 Å². The van der Waals surface area contributed by atoms with Crippen LogP contribution in [-0.4, -0.2) is 10.9 Å². The summed E-state index contributed by atoms with van der Waals surface area (Å²) in [5, 5.41) is 11.0. The lowest BCUT2D eigenvalue weighted by molar-refractivity contribution is -0.385. The first-order chi connectivity index (χ1) is 14.6. The van der Waals surface area contributed by atoms with E-state index >= 15 is 0 Å². The summed E-state index contributed by atoms with van der Waals surface area (Å²) >= 11 is 0. The van der Waals surface area contributed by atoms with E-state index in [1.54, 1.807) is 18.2 Å². The maximum atomic E-state index is 11.8. The van der Waals surface area contributed by atoms with Gasteiger partial charge in [-0.1, -0.05) is 87.6 Å². The van der Waals surface area contributed by atoms with E-state index in [0.717, 1.165) is 44.9 Å². The van der Waals surface area contributed by atoms with E-state index < -0.39 is 4.92 Å². The van der Waals surface area contributed by atoms with E-state index in [4.69, 9.17) is 4.74 Å². The van der Waals surface area contributed by atoms with Crippen molar-refractivity contribution >= 4 is 11.7 Å². The third-order valence-electron chi connectivity index (χ3n) is 4.66. The van der Waals surface area contributed by atoms with Crippen molar-refractivity contribution in [3.63, 3.8) is 0 Å². The third kappa shape index (κ3) is 12.7. The summed E-state index contributed by atoms with van der Waals surface area (Å²) in [6, 6.07) is 6.33. The summed E-state index contributed by atoms with van der Waals surface area (Å²) in [6.45, 7) is 2.15. The molecule has 1 aromatic rings. The zero-order valence-corrected chi connectivity index (χ0v) is 18.1. The van der Waals surface area contributed by atoms with Crippen LogP contribution in [0.2, 0.25) is 0 Å². The van der Waals surface area contributed by atoms with Gasteiger partial charge in [0.2, 0.25) is 0 Å². The average Bonchev–Trinajstić information content (AvgIpc) is 2.75. The van der Waals surface area contributed by atoms with Crippen LogP contribution in [0.4, 0.5) is 5.69 Å². The third-order valence-corrected chi connectivity index (χ3v) is 4.66. The highest BCUT2D eigenvalue weighted by Crippen LogP contribution is 2.18. The molecular formula is C25H35NO4. The Morgan fingerprint density at radius 3 is 2.27 bits per heavy atom. The number of carbonyl (C=O) groups excluding carboxylic acids is 1. The monoisotopic (exact) mass is 413 g/mol. The van der Waals surface area contributed by atoms with Gasteiger partial charge in [0.25, 0.3) is 5.69 Å². The molecule has 0 N–H and O–H groups in total. The second-order valence-electron chi connectivity index (χ2n) is 7.24. The quantitative estimate of drug-likeness (QED) is 0.0942. The first-order valence-corrected chi connectivity index (χ1v) is 11.0. The van der Waals surface area contributed by atoms with Gasteiger partial charge in [-0.25, -0.2) is 0 Å². The highest BCUT2D eigenvalue weighted by atomic mass is 16.6. The molecule has 0 radical (unpaired) electrons. The summed E-state index contributed by atoms with van der Waals surface area (Å²) in [4.78, 5) is 22.3. The lowest BCUT2D eigenvalue weighted by atomic mass is 10.1. The van der Waals surface area contributed by atoms with E-state index in [-0.39, 0.29) is 18.3 Å². The Hall–Kier alpha value is -2.69. The molecule has 0 saturated heterocycles. The van der Waals surface area contributed by atoms with Gasteiger partial charge < -0.3 is 4.74 Å². The van der Waals surface area contributed by atoms with E-state index in [2.05, 4.69) is 43.4 Å². The van der Waals surface area contributed by atoms with Crippen molar-refractivity contribution in [2.75, 3.05) is 0 Å². The molecule has 0 aromatic heterocycles. The molecule has 0 heterocycles. The van der Waals surface area contributed by atoms with Crippen LogP contribution in [0.25, 0.3) is 0 Å². The first-order valence-electron chi connectivity index (χ1n) is 11.0. The number of unbranched alkanes of at least 4 members (excludes halogenated alkanes) is 7. The summed E-state index contributed by atoms with van der Waals surface area (Å²) in [5.41, 5.74) is 0.407. The molecule has 0 amide bonds. The molecule has 0 aliphatic heterocycles. The van der Waals surface area contributed by atoms with Crippen molar-refractivity contribution < 1.29 is 14.5 Å². The number of ether oxygens (including phenoxy) is 1. The van der Waals surface area contributed by atoms with Gasteiger partial charge in [0.15, 0.2) is 0 Å². The maximum absolute atomic E-state index is 11.8. The van der Waals surface area contributed by atoms with Crippen LogP contribution in [0, 0.1) is 10.1 Å². The van der Waals surface area contributed by atoms with Crippen molar-refractivity contribution in [3.05, 3.63) is 76.4 Å². The van der Waals surface area contributed by atoms with Gasteiger partial charge in [-0.2, -0.15) is 0 Å². The Bertz CT molecular complexity index is 707. The zero-order chi connectivity index (χ0) is 21.9. The average molecular weight is 414 g/mol. The fourth-order valence-corrected chi connectivity index (χ4v) is 2.90. The summed E-state index contributed by atoms with van der Waals surface area (Å²) in [5.74, 6) is -0.299. The molecule has 0 unspecified atom stereocenters. The molecule has 30 heavy (non-hydrogen) atoms. The van der Waals surface area contributed by atoms with Gasteiger partial charge in [0.05, 0.1) is 10.5 Å². The van der Waals surface area contributed by atoms with E-state index in [1.807, 2.05) is 0 Å². The minimum Gasteiger partial charge on any atom is -0.461 e. The van der Waals surface area contributed by atoms with Crippen LogP contribution in [0.5, 0.6) is 0 Å². The second-order valence-corrected chi connectivity index (χ2v) is 7.24. The predicted molar refractivity (Wildman–Crippen MR) is 122 cm³/mol. The van der Waals surface area contributed by atoms with Crippen molar-refractivity contribution in [2.45, 2.75) is 77.7 Å². The molecule has 0 aliphatic carbocycles. The number of hydrogen-bond donors (Lipinski definition) is 0. The number of esters is 1. The number of para-hydroxylation sites is 1. The topological polar surface area (TPSA) is 69.4 Å². The van der Waals surface area contributed by atoms with E-state index in [1.165, 1.54) is 18.9 Å². The fourth-order valence-electron chi connectivity index (χ4n) is 2.90. The van der Waals surface area contributed by atoms with Crippen LogP contribution in [0.3, 0.4) is 0 Å². The zero-order valence-electron chi connectivity index (χ0n) is 18.1. The Kier molecular flexibility index (Phi) is 14.5. The number of hydrogen-bond acceptors (Lipinski definition) is 4. The van der Waals surface area contributed by atoms with Crippen molar-refractivity contribution in [1.29, 1.82) is 0 Å². The summed E-state index contributed by atoms with van der Waals surface area (Å²) < 4.78 is 5.17. The molecule has 164 valence electrons. The lowest BCUT2D eigenvalue weighted by Gasteiger charge is -2.05. The largest absolute Gasteiger partial charge is 0.461 e. The van der Waals surface area contributed by atoms with Crippen LogP contribution in [0.1, 0.15) is 76.7 Å². The summed E-state index contributed by atoms with van der Waals surface area (Å²) in [6.07, 6.45) is 23.0. The Morgan fingerprint density at radius 1 is 0.933 bits per heavy atom. The summed E-state index contributed by atoms with van der Waals surface area (Å²) in [7, 11) is 0. The molecule has 0 saturated carbocycles. The van der Waals surface area contributed by atoms with Gasteiger partial charge in [0.1, 0.15) is 6.61 Å². The number of rotatable bonds is 16. The fraction of sp³-hybridized carbons (Fsp3) is 0.480. The lowest BCUT2D eigenvalue weighted by Crippen LogP contribution is -2.05. The highest BCUT2D eigenvalue weighted by Gasteiger charge is 2.13. The number of allylic oxidation sites excluding steroid dienone is 6. The molecule has 0 aliphatic rings. The Balaban J connectivity index is 2.02. The van der Waals surface area contributed by atoms with Crippen LogP contribution in [0.15, 0.2) is 60.7 Å². The molecule has 1 rings (SSSR count). The van der Waals surface area contributed by atoms with Crippen molar-refractivity contribution in [1.82, 2.24) is 0 Å². The number of benzene rings is 1. The molecule has 0 atom stereocenters. The predicted octanol–water partition coefficient (Wildman–Crippen LogP) is 7.23. The van der Waals surface area contributed by atoms with Gasteiger partial charge in [-0.3, -0.25) is 14.9 Å². The van der Waals surface area contributed by atoms with Crippen LogP contribution < -0.4 is 0 Å². The maximum Gasteiger partial charge on any atom is 0.306 e. The van der Waals surface area contributed by atoms with Crippen LogP contribution >= 0.6 is 0 Å². The highest BCUT2D eigenvalue weighted by molar-refractivity contribution is 5.69. The molecule has 1 aromatic carbocycles. The smallest absolute Gasteiger partial charge is 0.306 e. The minimum absolute atomic E-state index is 0.0155. The first kappa shape index (κ1) is 25.3. The molecule has 5 nitrogen and oxygen atoms in total. The number of carbonyl (C=O) groups is 1. The molecule has 0 fully saturated rings. The number of nitro benzene ring substituents is 1. The molecule has 5 heteroatoms. The molecule has 0 spiro atoms. The molecule has 0 bridgehead atoms. The number of nitrogens with zero attached hydrogens (tertiary/aromatic N) is 1. The molecular weight excluding hydrogens is 378 g/mol. The van der Waals surface area contributed by atoms with Gasteiger partial charge in [-0.05, 0) is 31.7 Å². The standard InChI is InChI=1S/C25H35NO4/c1-2-3-4-5-6-7-8-9-10-11-12-13-14-15-16-21-25(27)30-22-23-19-17-18-20-24(23)26(28)29/h5-10,17-20H,2-4,11-16,21-22H2,1H3. The van der Waals surface area contributed by atoms with Gasteiger partial charge in [-0.15, -0.1) is 0 Å². The van der Waals surface area contributed by atoms with Gasteiger partial charge >= 0.3 is 5.97 Å². The van der Waals surface area contributed by atoms with Gasteiger partial charge in [0, 0.05) is 12.5 Å². The minimum atomic E-state index is -0.458. The number of nitro groups is 1. The van der Waals surface area contributed by atoms with Crippen LogP contribution in [-0.2, 0) is 16.1 Å². The van der Waals surface area contributed by atoms with E-state index in [9.17, 15) is 14.9 Å².